The van der Waals surface area contributed by atoms with Crippen LogP contribution in [-0.4, -0.2) is 15.9 Å². The zero-order valence-corrected chi connectivity index (χ0v) is 13.8. The van der Waals surface area contributed by atoms with Gasteiger partial charge in [0.05, 0.1) is 0 Å². The van der Waals surface area contributed by atoms with Crippen molar-refractivity contribution in [1.29, 1.82) is 0 Å². The van der Waals surface area contributed by atoms with Gasteiger partial charge in [-0.2, -0.15) is 0 Å². The van der Waals surface area contributed by atoms with Crippen molar-refractivity contribution in [3.63, 3.8) is 0 Å². The molecule has 0 bridgehead atoms. The molecule has 1 heterocycles. The Bertz CT molecular complexity index is 886. The van der Waals surface area contributed by atoms with Crippen LogP contribution in [0.25, 0.3) is 0 Å². The Balaban J connectivity index is 1.67. The van der Waals surface area contributed by atoms with Crippen LogP contribution in [0.2, 0.25) is 5.02 Å². The van der Waals surface area contributed by atoms with Crippen molar-refractivity contribution in [2.45, 2.75) is 6.54 Å². The summed E-state index contributed by atoms with van der Waals surface area (Å²) in [6, 6.07) is 14.5. The molecule has 0 aliphatic rings. The molecule has 0 saturated carbocycles. The van der Waals surface area contributed by atoms with E-state index in [2.05, 4.69) is 20.6 Å². The van der Waals surface area contributed by atoms with Gasteiger partial charge in [-0.05, 0) is 35.9 Å². The Hall–Kier alpha value is -2.99. The molecular weight excluding hydrogens is 343 g/mol. The van der Waals surface area contributed by atoms with E-state index in [-0.39, 0.29) is 11.5 Å². The van der Waals surface area contributed by atoms with Crippen molar-refractivity contribution in [1.82, 2.24) is 9.97 Å². The smallest absolute Gasteiger partial charge is 0.274 e. The maximum Gasteiger partial charge on any atom is 0.274 e. The number of hydrogen-bond donors (Lipinski definition) is 2. The SMILES string of the molecule is O=C(Nc1ccc(F)cc1)c1cc(NCc2ccccc2Cl)ncn1. The summed E-state index contributed by atoms with van der Waals surface area (Å²) >= 11 is 6.11. The fraction of sp³-hybridized carbons (Fsp3) is 0.0556. The van der Waals surface area contributed by atoms with Crippen LogP contribution < -0.4 is 10.6 Å². The van der Waals surface area contributed by atoms with E-state index in [0.29, 0.717) is 23.1 Å². The lowest BCUT2D eigenvalue weighted by Gasteiger charge is -2.09. The summed E-state index contributed by atoms with van der Waals surface area (Å²) in [5.41, 5.74) is 1.59. The highest BCUT2D eigenvalue weighted by molar-refractivity contribution is 6.31. The number of amides is 1. The molecule has 0 unspecified atom stereocenters. The highest BCUT2D eigenvalue weighted by Crippen LogP contribution is 2.16. The van der Waals surface area contributed by atoms with E-state index in [9.17, 15) is 9.18 Å². The molecule has 0 radical (unpaired) electrons. The largest absolute Gasteiger partial charge is 0.366 e. The zero-order chi connectivity index (χ0) is 17.6. The van der Waals surface area contributed by atoms with Crippen molar-refractivity contribution >= 4 is 29.0 Å². The third-order valence-corrected chi connectivity index (χ3v) is 3.79. The first-order chi connectivity index (χ1) is 12.1. The number of rotatable bonds is 5. The molecule has 0 aliphatic heterocycles. The number of halogens is 2. The minimum Gasteiger partial charge on any atom is -0.366 e. The molecule has 2 N–H and O–H groups in total. The number of hydrogen-bond acceptors (Lipinski definition) is 4. The van der Waals surface area contributed by atoms with Crippen LogP contribution in [0.3, 0.4) is 0 Å². The maximum absolute atomic E-state index is 12.9. The molecule has 0 aliphatic carbocycles. The van der Waals surface area contributed by atoms with E-state index < -0.39 is 5.91 Å². The first-order valence-electron chi connectivity index (χ1n) is 7.48. The van der Waals surface area contributed by atoms with E-state index in [4.69, 9.17) is 11.6 Å². The minimum atomic E-state index is -0.408. The molecule has 0 spiro atoms. The number of anilines is 2. The van der Waals surface area contributed by atoms with Gasteiger partial charge >= 0.3 is 0 Å². The Morgan fingerprint density at radius 2 is 1.84 bits per heavy atom. The lowest BCUT2D eigenvalue weighted by Crippen LogP contribution is -2.14. The van der Waals surface area contributed by atoms with E-state index in [1.165, 1.54) is 36.7 Å². The van der Waals surface area contributed by atoms with E-state index >= 15 is 0 Å². The van der Waals surface area contributed by atoms with Crippen LogP contribution in [0.4, 0.5) is 15.9 Å². The van der Waals surface area contributed by atoms with Gasteiger partial charge in [-0.25, -0.2) is 14.4 Å². The van der Waals surface area contributed by atoms with Crippen LogP contribution in [0, 0.1) is 5.82 Å². The van der Waals surface area contributed by atoms with Gasteiger partial charge in [-0.15, -0.1) is 0 Å². The highest BCUT2D eigenvalue weighted by atomic mass is 35.5. The molecule has 7 heteroatoms. The summed E-state index contributed by atoms with van der Waals surface area (Å²) in [6.07, 6.45) is 1.30. The van der Waals surface area contributed by atoms with Gasteiger partial charge in [0.2, 0.25) is 0 Å². The summed E-state index contributed by atoms with van der Waals surface area (Å²) < 4.78 is 12.9. The average Bonchev–Trinajstić information content (AvgIpc) is 2.63. The van der Waals surface area contributed by atoms with E-state index in [1.807, 2.05) is 18.2 Å². The summed E-state index contributed by atoms with van der Waals surface area (Å²) in [5.74, 6) is -0.278. The monoisotopic (exact) mass is 356 g/mol. The van der Waals surface area contributed by atoms with Crippen LogP contribution >= 0.6 is 11.6 Å². The summed E-state index contributed by atoms with van der Waals surface area (Å²) in [5, 5.41) is 6.41. The first kappa shape index (κ1) is 16.9. The quantitative estimate of drug-likeness (QED) is 0.721. The predicted octanol–water partition coefficient (Wildman–Crippen LogP) is 4.13. The van der Waals surface area contributed by atoms with Crippen LogP contribution in [0.15, 0.2) is 60.9 Å². The molecule has 3 aromatic rings. The normalized spacial score (nSPS) is 10.3. The molecule has 25 heavy (non-hydrogen) atoms. The Labute approximate surface area is 148 Å². The fourth-order valence-electron chi connectivity index (χ4n) is 2.13. The number of nitrogens with one attached hydrogen (secondary N) is 2. The van der Waals surface area contributed by atoms with Gasteiger partial charge in [-0.3, -0.25) is 4.79 Å². The minimum absolute atomic E-state index is 0.195. The first-order valence-corrected chi connectivity index (χ1v) is 7.86. The number of carbonyl (C=O) groups excluding carboxylic acids is 1. The van der Waals surface area contributed by atoms with Gasteiger partial charge in [0.1, 0.15) is 23.7 Å². The van der Waals surface area contributed by atoms with Gasteiger partial charge in [0, 0.05) is 23.3 Å². The third-order valence-electron chi connectivity index (χ3n) is 3.42. The van der Waals surface area contributed by atoms with Crippen molar-refractivity contribution < 1.29 is 9.18 Å². The van der Waals surface area contributed by atoms with Crippen molar-refractivity contribution in [2.75, 3.05) is 10.6 Å². The molecule has 1 aromatic heterocycles. The van der Waals surface area contributed by atoms with Crippen molar-refractivity contribution in [3.8, 4) is 0 Å². The standard InChI is InChI=1S/C18H14ClFN4O/c19-15-4-2-1-3-12(15)10-21-17-9-16(22-11-23-17)18(25)24-14-7-5-13(20)6-8-14/h1-9,11H,10H2,(H,24,25)(H,21,22,23). The molecule has 3 rings (SSSR count). The fourth-order valence-corrected chi connectivity index (χ4v) is 2.34. The summed E-state index contributed by atoms with van der Waals surface area (Å²) in [4.78, 5) is 20.3. The zero-order valence-electron chi connectivity index (χ0n) is 13.0. The Morgan fingerprint density at radius 3 is 2.60 bits per heavy atom. The molecule has 1 amide bonds. The topological polar surface area (TPSA) is 66.9 Å². The lowest BCUT2D eigenvalue weighted by atomic mass is 10.2. The Morgan fingerprint density at radius 1 is 1.08 bits per heavy atom. The number of nitrogens with zero attached hydrogens (tertiary/aromatic N) is 2. The average molecular weight is 357 g/mol. The molecule has 0 fully saturated rings. The number of benzene rings is 2. The Kier molecular flexibility index (Phi) is 5.20. The molecular formula is C18H14ClFN4O. The van der Waals surface area contributed by atoms with Crippen LogP contribution in [0.1, 0.15) is 16.1 Å². The van der Waals surface area contributed by atoms with Crippen LogP contribution in [0.5, 0.6) is 0 Å². The highest BCUT2D eigenvalue weighted by Gasteiger charge is 2.09. The second-order valence-corrected chi connectivity index (χ2v) is 5.60. The van der Waals surface area contributed by atoms with Gasteiger partial charge in [0.15, 0.2) is 0 Å². The van der Waals surface area contributed by atoms with Gasteiger partial charge in [0.25, 0.3) is 5.91 Å². The number of carbonyl (C=O) groups is 1. The van der Waals surface area contributed by atoms with E-state index in [0.717, 1.165) is 5.56 Å². The van der Waals surface area contributed by atoms with Crippen LogP contribution in [-0.2, 0) is 6.54 Å². The van der Waals surface area contributed by atoms with E-state index in [1.54, 1.807) is 6.07 Å². The van der Waals surface area contributed by atoms with Gasteiger partial charge < -0.3 is 10.6 Å². The number of aromatic nitrogens is 2. The second kappa shape index (κ2) is 7.72. The molecule has 126 valence electrons. The molecule has 2 aromatic carbocycles. The second-order valence-electron chi connectivity index (χ2n) is 5.19. The van der Waals surface area contributed by atoms with Crippen molar-refractivity contribution in [3.05, 3.63) is 83.0 Å². The third kappa shape index (κ3) is 4.51. The maximum atomic E-state index is 12.9. The predicted molar refractivity (Wildman–Crippen MR) is 95.2 cm³/mol. The molecule has 0 saturated heterocycles. The summed E-state index contributed by atoms with van der Waals surface area (Å²) in [6.45, 7) is 0.468. The molecule has 0 atom stereocenters. The van der Waals surface area contributed by atoms with Crippen molar-refractivity contribution in [2.24, 2.45) is 0 Å². The molecule has 5 nitrogen and oxygen atoms in total. The lowest BCUT2D eigenvalue weighted by molar-refractivity contribution is 0.102. The summed E-state index contributed by atoms with van der Waals surface area (Å²) in [7, 11) is 0. The van der Waals surface area contributed by atoms with Gasteiger partial charge in [-0.1, -0.05) is 29.8 Å².